The van der Waals surface area contributed by atoms with E-state index >= 15 is 0 Å². The van der Waals surface area contributed by atoms with E-state index in [0.29, 0.717) is 0 Å². The maximum atomic E-state index is 2.49. The molecule has 102 valence electrons. The highest BCUT2D eigenvalue weighted by Gasteiger charge is 2.20. The van der Waals surface area contributed by atoms with E-state index in [1.165, 1.54) is 43.8 Å². The molecule has 2 rings (SSSR count). The number of likely N-dealkylation sites (tertiary alicyclic amines) is 1. The number of aryl methyl sites for hydroxylation is 1. The molecule has 0 aromatic carbocycles. The highest BCUT2D eigenvalue weighted by Crippen LogP contribution is 2.21. The van der Waals surface area contributed by atoms with Crippen molar-refractivity contribution in [2.24, 2.45) is 5.92 Å². The fourth-order valence-electron chi connectivity index (χ4n) is 2.83. The van der Waals surface area contributed by atoms with Gasteiger partial charge in [0.2, 0.25) is 0 Å². The second-order valence-electron chi connectivity index (χ2n) is 5.73. The van der Waals surface area contributed by atoms with Gasteiger partial charge in [-0.15, -0.1) is 11.3 Å². The molecule has 0 spiro atoms. The first-order valence-corrected chi connectivity index (χ1v) is 7.93. The average molecular weight is 266 g/mol. The van der Waals surface area contributed by atoms with Crippen LogP contribution in [0.4, 0.5) is 0 Å². The van der Waals surface area contributed by atoms with E-state index in [2.05, 4.69) is 43.0 Å². The molecule has 0 amide bonds. The lowest BCUT2D eigenvalue weighted by molar-refractivity contribution is 0.269. The third kappa shape index (κ3) is 4.08. The van der Waals surface area contributed by atoms with Gasteiger partial charge in [0.05, 0.1) is 0 Å². The van der Waals surface area contributed by atoms with E-state index in [1.807, 2.05) is 11.3 Å². The van der Waals surface area contributed by atoms with Crippen LogP contribution in [-0.2, 0) is 13.0 Å². The second-order valence-corrected chi connectivity index (χ2v) is 6.98. The first-order chi connectivity index (χ1) is 8.67. The molecule has 1 aliphatic rings. The maximum absolute atomic E-state index is 2.49. The molecule has 1 aromatic rings. The van der Waals surface area contributed by atoms with Crippen molar-refractivity contribution in [3.8, 4) is 0 Å². The molecule has 1 fully saturated rings. The van der Waals surface area contributed by atoms with Crippen LogP contribution in [0.3, 0.4) is 0 Å². The van der Waals surface area contributed by atoms with Crippen molar-refractivity contribution >= 4 is 11.3 Å². The second kappa shape index (κ2) is 6.69. The summed E-state index contributed by atoms with van der Waals surface area (Å²) in [7, 11) is 4.49. The van der Waals surface area contributed by atoms with Gasteiger partial charge in [-0.2, -0.15) is 0 Å². The van der Waals surface area contributed by atoms with E-state index in [-0.39, 0.29) is 0 Å². The molecular formula is C15H26N2S. The van der Waals surface area contributed by atoms with Gasteiger partial charge in [0.1, 0.15) is 0 Å². The molecule has 0 N–H and O–H groups in total. The smallest absolute Gasteiger partial charge is 0.0325 e. The fourth-order valence-corrected chi connectivity index (χ4v) is 4.03. The van der Waals surface area contributed by atoms with Crippen LogP contribution < -0.4 is 0 Å². The SMILES string of the molecule is CCCc1ccc(CN(C)CC2CCN(C)C2)s1. The van der Waals surface area contributed by atoms with E-state index in [1.54, 1.807) is 4.88 Å². The highest BCUT2D eigenvalue weighted by molar-refractivity contribution is 7.11. The molecule has 2 heterocycles. The van der Waals surface area contributed by atoms with E-state index in [4.69, 9.17) is 0 Å². The predicted octanol–water partition coefficient (Wildman–Crippen LogP) is 3.08. The summed E-state index contributed by atoms with van der Waals surface area (Å²) in [6.45, 7) is 7.16. The minimum atomic E-state index is 0.870. The summed E-state index contributed by atoms with van der Waals surface area (Å²) in [5.41, 5.74) is 0. The van der Waals surface area contributed by atoms with Gasteiger partial charge in [-0.25, -0.2) is 0 Å². The molecule has 1 saturated heterocycles. The Morgan fingerprint density at radius 2 is 2.17 bits per heavy atom. The van der Waals surface area contributed by atoms with Crippen molar-refractivity contribution in [3.05, 3.63) is 21.9 Å². The van der Waals surface area contributed by atoms with Crippen molar-refractivity contribution in [1.82, 2.24) is 9.80 Å². The molecule has 1 unspecified atom stereocenters. The zero-order valence-electron chi connectivity index (χ0n) is 12.0. The monoisotopic (exact) mass is 266 g/mol. The zero-order chi connectivity index (χ0) is 13.0. The quantitative estimate of drug-likeness (QED) is 0.781. The zero-order valence-corrected chi connectivity index (χ0v) is 12.8. The Labute approximate surface area is 116 Å². The minimum Gasteiger partial charge on any atom is -0.306 e. The van der Waals surface area contributed by atoms with Gasteiger partial charge >= 0.3 is 0 Å². The molecule has 1 aliphatic heterocycles. The summed E-state index contributed by atoms with van der Waals surface area (Å²) >= 11 is 1.99. The third-order valence-electron chi connectivity index (χ3n) is 3.70. The van der Waals surface area contributed by atoms with Gasteiger partial charge < -0.3 is 9.80 Å². The van der Waals surface area contributed by atoms with Crippen LogP contribution in [-0.4, -0.2) is 43.5 Å². The van der Waals surface area contributed by atoms with Crippen LogP contribution in [0, 0.1) is 5.92 Å². The molecule has 1 atom stereocenters. The van der Waals surface area contributed by atoms with E-state index < -0.39 is 0 Å². The van der Waals surface area contributed by atoms with Gasteiger partial charge in [0, 0.05) is 29.4 Å². The van der Waals surface area contributed by atoms with Crippen LogP contribution >= 0.6 is 11.3 Å². The lowest BCUT2D eigenvalue weighted by atomic mass is 10.1. The summed E-state index contributed by atoms with van der Waals surface area (Å²) in [6.07, 6.45) is 3.86. The van der Waals surface area contributed by atoms with Gasteiger partial charge in [0.25, 0.3) is 0 Å². The normalized spacial score (nSPS) is 21.0. The lowest BCUT2D eigenvalue weighted by Crippen LogP contribution is -2.26. The molecule has 0 saturated carbocycles. The Hall–Kier alpha value is -0.380. The predicted molar refractivity (Wildman–Crippen MR) is 80.3 cm³/mol. The number of thiophene rings is 1. The van der Waals surface area contributed by atoms with Crippen molar-refractivity contribution in [1.29, 1.82) is 0 Å². The Morgan fingerprint density at radius 3 is 2.83 bits per heavy atom. The van der Waals surface area contributed by atoms with Crippen molar-refractivity contribution < 1.29 is 0 Å². The van der Waals surface area contributed by atoms with Gasteiger partial charge in [0.15, 0.2) is 0 Å². The molecular weight excluding hydrogens is 240 g/mol. The van der Waals surface area contributed by atoms with E-state index in [0.717, 1.165) is 12.5 Å². The van der Waals surface area contributed by atoms with E-state index in [9.17, 15) is 0 Å². The lowest BCUT2D eigenvalue weighted by Gasteiger charge is -2.20. The molecule has 0 aliphatic carbocycles. The number of hydrogen-bond acceptors (Lipinski definition) is 3. The number of hydrogen-bond donors (Lipinski definition) is 0. The Kier molecular flexibility index (Phi) is 5.22. The first kappa shape index (κ1) is 14.0. The van der Waals surface area contributed by atoms with Crippen LogP contribution in [0.2, 0.25) is 0 Å². The summed E-state index contributed by atoms with van der Waals surface area (Å²) in [5.74, 6) is 0.870. The van der Waals surface area contributed by atoms with Gasteiger partial charge in [-0.05, 0) is 51.5 Å². The summed E-state index contributed by atoms with van der Waals surface area (Å²) < 4.78 is 0. The molecule has 0 bridgehead atoms. The molecule has 18 heavy (non-hydrogen) atoms. The average Bonchev–Trinajstić information content (AvgIpc) is 2.89. The van der Waals surface area contributed by atoms with Crippen molar-refractivity contribution in [3.63, 3.8) is 0 Å². The van der Waals surface area contributed by atoms with Crippen LogP contribution in [0.5, 0.6) is 0 Å². The largest absolute Gasteiger partial charge is 0.306 e. The van der Waals surface area contributed by atoms with Gasteiger partial charge in [-0.1, -0.05) is 13.3 Å². The standard InChI is InChI=1S/C15H26N2S/c1-4-5-14-6-7-15(18-14)12-17(3)11-13-8-9-16(2)10-13/h6-7,13H,4-5,8-12H2,1-3H3. The summed E-state index contributed by atoms with van der Waals surface area (Å²) in [6, 6.07) is 4.62. The van der Waals surface area contributed by atoms with Crippen molar-refractivity contribution in [2.75, 3.05) is 33.7 Å². The molecule has 0 radical (unpaired) electrons. The maximum Gasteiger partial charge on any atom is 0.0325 e. The summed E-state index contributed by atoms with van der Waals surface area (Å²) in [4.78, 5) is 8.00. The fraction of sp³-hybridized carbons (Fsp3) is 0.733. The minimum absolute atomic E-state index is 0.870. The summed E-state index contributed by atoms with van der Waals surface area (Å²) in [5, 5.41) is 0. The van der Waals surface area contributed by atoms with Crippen LogP contribution in [0.1, 0.15) is 29.5 Å². The van der Waals surface area contributed by atoms with Crippen LogP contribution in [0.15, 0.2) is 12.1 Å². The first-order valence-electron chi connectivity index (χ1n) is 7.12. The number of rotatable bonds is 6. The van der Waals surface area contributed by atoms with Crippen molar-refractivity contribution in [2.45, 2.75) is 32.7 Å². The van der Waals surface area contributed by atoms with Crippen LogP contribution in [0.25, 0.3) is 0 Å². The highest BCUT2D eigenvalue weighted by atomic mass is 32.1. The Balaban J connectivity index is 1.77. The topological polar surface area (TPSA) is 6.48 Å². The Bertz CT molecular complexity index is 361. The van der Waals surface area contributed by atoms with Gasteiger partial charge in [-0.3, -0.25) is 0 Å². The molecule has 3 heteroatoms. The molecule has 2 nitrogen and oxygen atoms in total. The number of nitrogens with zero attached hydrogens (tertiary/aromatic N) is 2. The third-order valence-corrected chi connectivity index (χ3v) is 4.83. The Morgan fingerprint density at radius 1 is 1.39 bits per heavy atom. The molecule has 1 aromatic heterocycles.